The first-order valence-corrected chi connectivity index (χ1v) is 4.61. The second-order valence-corrected chi connectivity index (χ2v) is 3.22. The normalized spacial score (nSPS) is 12.6. The number of hydrogen-bond donors (Lipinski definition) is 1. The Labute approximate surface area is 83.1 Å². The molecule has 1 rings (SSSR count). The average Bonchev–Trinajstić information content (AvgIpc) is 2.16. The number of methoxy groups -OCH3 is 1. The number of ether oxygens (including phenoxy) is 1. The SMILES string of the molecule is COc1ccc(C)cc1C(O)CCl. The van der Waals surface area contributed by atoms with Crippen LogP contribution in [0, 0.1) is 6.92 Å². The molecule has 0 amide bonds. The van der Waals surface area contributed by atoms with Gasteiger partial charge in [0.2, 0.25) is 0 Å². The van der Waals surface area contributed by atoms with Crippen molar-refractivity contribution in [1.29, 1.82) is 0 Å². The third-order valence-corrected chi connectivity index (χ3v) is 2.18. The summed E-state index contributed by atoms with van der Waals surface area (Å²) in [5, 5.41) is 9.55. The zero-order valence-corrected chi connectivity index (χ0v) is 8.51. The molecule has 13 heavy (non-hydrogen) atoms. The van der Waals surface area contributed by atoms with Crippen molar-refractivity contribution >= 4 is 11.6 Å². The summed E-state index contributed by atoms with van der Waals surface area (Å²) in [6, 6.07) is 5.65. The summed E-state index contributed by atoms with van der Waals surface area (Å²) in [7, 11) is 1.58. The molecule has 2 nitrogen and oxygen atoms in total. The first-order valence-electron chi connectivity index (χ1n) is 4.07. The molecule has 72 valence electrons. The van der Waals surface area contributed by atoms with Gasteiger partial charge in [0.15, 0.2) is 0 Å². The minimum absolute atomic E-state index is 0.180. The van der Waals surface area contributed by atoms with Gasteiger partial charge in [-0.2, -0.15) is 0 Å². The van der Waals surface area contributed by atoms with Crippen molar-refractivity contribution in [2.45, 2.75) is 13.0 Å². The zero-order chi connectivity index (χ0) is 9.84. The van der Waals surface area contributed by atoms with Crippen LogP contribution in [0.3, 0.4) is 0 Å². The molecule has 0 bridgehead atoms. The number of alkyl halides is 1. The number of rotatable bonds is 3. The minimum Gasteiger partial charge on any atom is -0.496 e. The van der Waals surface area contributed by atoms with Crippen LogP contribution < -0.4 is 4.74 Å². The summed E-state index contributed by atoms with van der Waals surface area (Å²) in [4.78, 5) is 0. The van der Waals surface area contributed by atoms with Gasteiger partial charge in [-0.3, -0.25) is 0 Å². The van der Waals surface area contributed by atoms with Crippen LogP contribution in [0.2, 0.25) is 0 Å². The van der Waals surface area contributed by atoms with E-state index in [-0.39, 0.29) is 5.88 Å². The maximum Gasteiger partial charge on any atom is 0.124 e. The predicted molar refractivity (Wildman–Crippen MR) is 53.4 cm³/mol. The molecule has 0 saturated heterocycles. The van der Waals surface area contributed by atoms with Crippen molar-refractivity contribution in [2.24, 2.45) is 0 Å². The Kier molecular flexibility index (Phi) is 3.58. The van der Waals surface area contributed by atoms with Gasteiger partial charge in [-0.25, -0.2) is 0 Å². The summed E-state index contributed by atoms with van der Waals surface area (Å²) in [5.74, 6) is 0.860. The lowest BCUT2D eigenvalue weighted by atomic mass is 10.1. The highest BCUT2D eigenvalue weighted by atomic mass is 35.5. The molecular formula is C10H13ClO2. The molecule has 0 aromatic heterocycles. The molecule has 0 fully saturated rings. The van der Waals surface area contributed by atoms with E-state index in [0.29, 0.717) is 5.75 Å². The van der Waals surface area contributed by atoms with Crippen LogP contribution in [0.15, 0.2) is 18.2 Å². The summed E-state index contributed by atoms with van der Waals surface area (Å²) < 4.78 is 5.10. The van der Waals surface area contributed by atoms with E-state index < -0.39 is 6.10 Å². The quantitative estimate of drug-likeness (QED) is 0.759. The maximum absolute atomic E-state index is 9.55. The maximum atomic E-state index is 9.55. The van der Waals surface area contributed by atoms with Gasteiger partial charge < -0.3 is 9.84 Å². The number of aryl methyl sites for hydroxylation is 1. The Morgan fingerprint density at radius 3 is 2.77 bits per heavy atom. The van der Waals surface area contributed by atoms with Gasteiger partial charge in [-0.15, -0.1) is 11.6 Å². The van der Waals surface area contributed by atoms with E-state index in [1.807, 2.05) is 25.1 Å². The van der Waals surface area contributed by atoms with Crippen molar-refractivity contribution in [3.05, 3.63) is 29.3 Å². The van der Waals surface area contributed by atoms with Crippen LogP contribution in [0.25, 0.3) is 0 Å². The molecule has 0 aliphatic heterocycles. The van der Waals surface area contributed by atoms with E-state index >= 15 is 0 Å². The molecule has 0 aliphatic carbocycles. The van der Waals surface area contributed by atoms with Crippen molar-refractivity contribution in [3.63, 3.8) is 0 Å². The Bertz CT molecular complexity index is 286. The van der Waals surface area contributed by atoms with Crippen molar-refractivity contribution in [3.8, 4) is 5.75 Å². The van der Waals surface area contributed by atoms with Gasteiger partial charge >= 0.3 is 0 Å². The summed E-state index contributed by atoms with van der Waals surface area (Å²) in [6.07, 6.45) is -0.656. The number of aliphatic hydroxyl groups is 1. The smallest absolute Gasteiger partial charge is 0.124 e. The lowest BCUT2D eigenvalue weighted by Gasteiger charge is -2.12. The highest BCUT2D eigenvalue weighted by Crippen LogP contribution is 2.26. The van der Waals surface area contributed by atoms with Gasteiger partial charge in [-0.05, 0) is 19.1 Å². The van der Waals surface area contributed by atoms with Crippen LogP contribution in [-0.2, 0) is 0 Å². The second-order valence-electron chi connectivity index (χ2n) is 2.92. The second kappa shape index (κ2) is 4.49. The van der Waals surface area contributed by atoms with Crippen molar-refractivity contribution < 1.29 is 9.84 Å². The van der Waals surface area contributed by atoms with Crippen molar-refractivity contribution in [2.75, 3.05) is 13.0 Å². The summed E-state index contributed by atoms with van der Waals surface area (Å²) in [6.45, 7) is 1.96. The summed E-state index contributed by atoms with van der Waals surface area (Å²) >= 11 is 5.56. The Morgan fingerprint density at radius 1 is 1.54 bits per heavy atom. The third kappa shape index (κ3) is 2.36. The van der Waals surface area contributed by atoms with Gasteiger partial charge in [0.25, 0.3) is 0 Å². The van der Waals surface area contributed by atoms with E-state index in [1.165, 1.54) is 0 Å². The van der Waals surface area contributed by atoms with Gasteiger partial charge in [0, 0.05) is 5.56 Å². The van der Waals surface area contributed by atoms with Crippen LogP contribution in [0.5, 0.6) is 5.75 Å². The molecule has 1 N–H and O–H groups in total. The molecule has 1 aromatic rings. The summed E-state index contributed by atoms with van der Waals surface area (Å²) in [5.41, 5.74) is 1.83. The van der Waals surface area contributed by atoms with Gasteiger partial charge in [0.1, 0.15) is 5.75 Å². The molecule has 1 unspecified atom stereocenters. The molecular weight excluding hydrogens is 188 g/mol. The largest absolute Gasteiger partial charge is 0.496 e. The van der Waals surface area contributed by atoms with Crippen LogP contribution in [0.4, 0.5) is 0 Å². The van der Waals surface area contributed by atoms with E-state index in [2.05, 4.69) is 0 Å². The van der Waals surface area contributed by atoms with E-state index in [1.54, 1.807) is 7.11 Å². The molecule has 0 aliphatic rings. The highest BCUT2D eigenvalue weighted by molar-refractivity contribution is 6.18. The fourth-order valence-electron chi connectivity index (χ4n) is 1.20. The molecule has 3 heteroatoms. The number of benzene rings is 1. The Balaban J connectivity index is 3.07. The van der Waals surface area contributed by atoms with Crippen LogP contribution in [0.1, 0.15) is 17.2 Å². The number of aliphatic hydroxyl groups excluding tert-OH is 1. The number of halogens is 1. The average molecular weight is 201 g/mol. The lowest BCUT2D eigenvalue weighted by Crippen LogP contribution is -2.02. The molecule has 0 radical (unpaired) electrons. The lowest BCUT2D eigenvalue weighted by molar-refractivity contribution is 0.197. The van der Waals surface area contributed by atoms with E-state index in [0.717, 1.165) is 11.1 Å². The standard InChI is InChI=1S/C10H13ClO2/c1-7-3-4-10(13-2)8(5-7)9(12)6-11/h3-5,9,12H,6H2,1-2H3. The fourth-order valence-corrected chi connectivity index (χ4v) is 1.36. The highest BCUT2D eigenvalue weighted by Gasteiger charge is 2.11. The van der Waals surface area contributed by atoms with Gasteiger partial charge in [-0.1, -0.05) is 11.6 Å². The van der Waals surface area contributed by atoms with Crippen LogP contribution in [-0.4, -0.2) is 18.1 Å². The number of hydrogen-bond acceptors (Lipinski definition) is 2. The van der Waals surface area contributed by atoms with Crippen LogP contribution >= 0.6 is 11.6 Å². The molecule has 1 atom stereocenters. The monoisotopic (exact) mass is 200 g/mol. The Hall–Kier alpha value is -0.730. The minimum atomic E-state index is -0.656. The first-order chi connectivity index (χ1) is 6.19. The molecule has 0 saturated carbocycles. The van der Waals surface area contributed by atoms with E-state index in [4.69, 9.17) is 16.3 Å². The Morgan fingerprint density at radius 2 is 2.23 bits per heavy atom. The van der Waals surface area contributed by atoms with Gasteiger partial charge in [0.05, 0.1) is 19.1 Å². The first kappa shape index (κ1) is 10.4. The molecule has 0 spiro atoms. The molecule has 0 heterocycles. The third-order valence-electron chi connectivity index (χ3n) is 1.89. The van der Waals surface area contributed by atoms with E-state index in [9.17, 15) is 5.11 Å². The fraction of sp³-hybridized carbons (Fsp3) is 0.400. The topological polar surface area (TPSA) is 29.5 Å². The zero-order valence-electron chi connectivity index (χ0n) is 7.75. The van der Waals surface area contributed by atoms with Crippen molar-refractivity contribution in [1.82, 2.24) is 0 Å². The molecule has 1 aromatic carbocycles. The predicted octanol–water partition coefficient (Wildman–Crippen LogP) is 2.28.